The van der Waals surface area contributed by atoms with Crippen molar-refractivity contribution < 1.29 is 19.2 Å². The van der Waals surface area contributed by atoms with E-state index >= 15 is 0 Å². The Morgan fingerprint density at radius 2 is 2.18 bits per heavy atom. The number of aliphatic carboxylic acids is 1. The zero-order chi connectivity index (χ0) is 8.65. The predicted molar refractivity (Wildman–Crippen MR) is 37.7 cm³/mol. The first kappa shape index (κ1) is 8.20. The van der Waals surface area contributed by atoms with E-state index in [1.165, 1.54) is 0 Å². The van der Waals surface area contributed by atoms with Crippen LogP contribution in [0.15, 0.2) is 0 Å². The molecular weight excluding hydrogens is 146 g/mol. The van der Waals surface area contributed by atoms with E-state index in [1.54, 1.807) is 14.1 Å². The van der Waals surface area contributed by atoms with Gasteiger partial charge in [-0.05, 0) is 0 Å². The van der Waals surface area contributed by atoms with Crippen molar-refractivity contribution >= 4 is 11.9 Å². The molecule has 4 heteroatoms. The molecule has 11 heavy (non-hydrogen) atoms. The number of likely N-dealkylation sites (tertiary alicyclic amines) is 1. The molecule has 1 aliphatic heterocycles. The Kier molecular flexibility index (Phi) is 1.72. The zero-order valence-corrected chi connectivity index (χ0v) is 6.70. The average Bonchev–Trinajstić information content (AvgIpc) is 2.08. The molecule has 1 fully saturated rings. The molecular formula is C7H12NO3+. The van der Waals surface area contributed by atoms with Gasteiger partial charge in [-0.1, -0.05) is 0 Å². The Hall–Kier alpha value is -0.900. The molecule has 62 valence electrons. The van der Waals surface area contributed by atoms with Crippen molar-refractivity contribution in [3.05, 3.63) is 0 Å². The lowest BCUT2D eigenvalue weighted by Crippen LogP contribution is -2.41. The number of carboxylic acid groups (broad SMARTS) is 1. The summed E-state index contributed by atoms with van der Waals surface area (Å²) in [5.41, 5.74) is 0. The lowest BCUT2D eigenvalue weighted by molar-refractivity contribution is -0.806. The fourth-order valence-electron chi connectivity index (χ4n) is 1.34. The maximum Gasteiger partial charge on any atom is 0.314 e. The Bertz CT molecular complexity index is 210. The molecule has 1 rings (SSSR count). The highest BCUT2D eigenvalue weighted by atomic mass is 16.4. The van der Waals surface area contributed by atoms with Gasteiger partial charge in [0.15, 0.2) is 0 Å². The molecule has 1 aliphatic rings. The van der Waals surface area contributed by atoms with Crippen LogP contribution < -0.4 is 0 Å². The third kappa shape index (κ3) is 1.40. The van der Waals surface area contributed by atoms with Gasteiger partial charge in [-0.15, -0.1) is 0 Å². The minimum Gasteiger partial charge on any atom is -0.481 e. The number of nitrogens with zero attached hydrogens (tertiary/aromatic N) is 1. The molecule has 0 bridgehead atoms. The van der Waals surface area contributed by atoms with Gasteiger partial charge in [-0.2, -0.15) is 0 Å². The Balaban J connectivity index is 2.72. The monoisotopic (exact) mass is 158 g/mol. The van der Waals surface area contributed by atoms with Gasteiger partial charge >= 0.3 is 11.9 Å². The second kappa shape index (κ2) is 2.30. The summed E-state index contributed by atoms with van der Waals surface area (Å²) in [7, 11) is 3.48. The van der Waals surface area contributed by atoms with Crippen molar-refractivity contribution in [1.29, 1.82) is 0 Å². The van der Waals surface area contributed by atoms with Crippen LogP contribution >= 0.6 is 0 Å². The summed E-state index contributed by atoms with van der Waals surface area (Å²) < 4.78 is 0.205. The molecule has 0 saturated carbocycles. The summed E-state index contributed by atoms with van der Waals surface area (Å²) in [6, 6.07) is 0. The maximum atomic E-state index is 11.1. The predicted octanol–water partition coefficient (Wildman–Crippen LogP) is -0.306. The number of quaternary nitrogens is 1. The molecule has 0 spiro atoms. The molecule has 0 aromatic heterocycles. The fourth-order valence-corrected chi connectivity index (χ4v) is 1.34. The van der Waals surface area contributed by atoms with Gasteiger partial charge in [-0.3, -0.25) is 9.28 Å². The lowest BCUT2D eigenvalue weighted by Gasteiger charge is -2.19. The minimum absolute atomic E-state index is 0.0115. The van der Waals surface area contributed by atoms with Crippen LogP contribution in [0, 0.1) is 5.92 Å². The van der Waals surface area contributed by atoms with Crippen molar-refractivity contribution in [2.75, 3.05) is 20.6 Å². The minimum atomic E-state index is -0.859. The van der Waals surface area contributed by atoms with Crippen LogP contribution in [0.3, 0.4) is 0 Å². The van der Waals surface area contributed by atoms with Crippen molar-refractivity contribution in [3.8, 4) is 0 Å². The first-order chi connectivity index (χ1) is 4.93. The molecule has 0 aromatic rings. The second-order valence-electron chi connectivity index (χ2n) is 3.50. The van der Waals surface area contributed by atoms with E-state index in [1.807, 2.05) is 0 Å². The lowest BCUT2D eigenvalue weighted by atomic mass is 10.1. The zero-order valence-electron chi connectivity index (χ0n) is 6.70. The van der Waals surface area contributed by atoms with Gasteiger partial charge in [0.2, 0.25) is 0 Å². The summed E-state index contributed by atoms with van der Waals surface area (Å²) in [4.78, 5) is 21.6. The number of hydrogen-bond acceptors (Lipinski definition) is 2. The normalized spacial score (nSPS) is 28.9. The van der Waals surface area contributed by atoms with Crippen molar-refractivity contribution in [1.82, 2.24) is 0 Å². The first-order valence-electron chi connectivity index (χ1n) is 3.52. The second-order valence-corrected chi connectivity index (χ2v) is 3.50. The first-order valence-corrected chi connectivity index (χ1v) is 3.52. The quantitative estimate of drug-likeness (QED) is 0.533. The molecule has 4 nitrogen and oxygen atoms in total. The standard InChI is InChI=1S/C7H11NO3/c1-8(2)4-5(7(10)11)3-6(8)9/h5H,3-4H2,1-2H3/p+1. The fraction of sp³-hybridized carbons (Fsp3) is 0.714. The van der Waals surface area contributed by atoms with Crippen LogP contribution in [-0.2, 0) is 9.59 Å². The van der Waals surface area contributed by atoms with Crippen LogP contribution in [-0.4, -0.2) is 42.1 Å². The van der Waals surface area contributed by atoms with E-state index in [0.717, 1.165) is 0 Å². The van der Waals surface area contributed by atoms with E-state index in [9.17, 15) is 9.59 Å². The van der Waals surface area contributed by atoms with E-state index < -0.39 is 11.9 Å². The van der Waals surface area contributed by atoms with Gasteiger partial charge in [-0.25, -0.2) is 4.79 Å². The third-order valence-electron chi connectivity index (χ3n) is 2.12. The highest BCUT2D eigenvalue weighted by Gasteiger charge is 2.43. The van der Waals surface area contributed by atoms with Crippen LogP contribution in [0.4, 0.5) is 0 Å². The number of carbonyl (C=O) groups excluding carboxylic acids is 1. The number of carbonyl (C=O) groups is 2. The van der Waals surface area contributed by atoms with Crippen molar-refractivity contribution in [2.45, 2.75) is 6.42 Å². The van der Waals surface area contributed by atoms with Crippen LogP contribution in [0.2, 0.25) is 0 Å². The SMILES string of the molecule is C[N+]1(C)CC(C(=O)O)CC1=O. The van der Waals surface area contributed by atoms with Gasteiger partial charge in [0.1, 0.15) is 5.92 Å². The summed E-state index contributed by atoms with van der Waals surface area (Å²) >= 11 is 0. The van der Waals surface area contributed by atoms with Crippen LogP contribution in [0.25, 0.3) is 0 Å². The largest absolute Gasteiger partial charge is 0.481 e. The molecule has 0 aromatic carbocycles. The topological polar surface area (TPSA) is 54.4 Å². The van der Waals surface area contributed by atoms with Crippen molar-refractivity contribution in [3.63, 3.8) is 0 Å². The summed E-state index contributed by atoms with van der Waals surface area (Å²) in [6.07, 6.45) is 0.183. The Morgan fingerprint density at radius 3 is 2.36 bits per heavy atom. The Labute approximate surface area is 65.0 Å². The van der Waals surface area contributed by atoms with E-state index in [0.29, 0.717) is 6.54 Å². The van der Waals surface area contributed by atoms with E-state index in [-0.39, 0.29) is 16.8 Å². The number of carboxylic acids is 1. The average molecular weight is 158 g/mol. The van der Waals surface area contributed by atoms with Gasteiger partial charge in [0.05, 0.1) is 27.1 Å². The van der Waals surface area contributed by atoms with E-state index in [4.69, 9.17) is 5.11 Å². The van der Waals surface area contributed by atoms with Gasteiger partial charge in [0.25, 0.3) is 0 Å². The molecule has 1 saturated heterocycles. The van der Waals surface area contributed by atoms with E-state index in [2.05, 4.69) is 0 Å². The summed E-state index contributed by atoms with van der Waals surface area (Å²) in [5.74, 6) is -1.32. The third-order valence-corrected chi connectivity index (χ3v) is 2.12. The molecule has 1 amide bonds. The Morgan fingerprint density at radius 1 is 1.64 bits per heavy atom. The molecule has 1 unspecified atom stereocenters. The highest BCUT2D eigenvalue weighted by molar-refractivity contribution is 5.81. The van der Waals surface area contributed by atoms with Gasteiger partial charge in [0, 0.05) is 0 Å². The van der Waals surface area contributed by atoms with Crippen molar-refractivity contribution in [2.24, 2.45) is 5.92 Å². The maximum absolute atomic E-state index is 11.1. The smallest absolute Gasteiger partial charge is 0.314 e. The van der Waals surface area contributed by atoms with Crippen LogP contribution in [0.5, 0.6) is 0 Å². The number of rotatable bonds is 1. The molecule has 1 heterocycles. The molecule has 0 radical (unpaired) electrons. The van der Waals surface area contributed by atoms with Gasteiger partial charge < -0.3 is 5.11 Å². The summed E-state index contributed by atoms with van der Waals surface area (Å²) in [5, 5.41) is 8.60. The highest BCUT2D eigenvalue weighted by Crippen LogP contribution is 2.21. The number of hydrogen-bond donors (Lipinski definition) is 1. The summed E-state index contributed by atoms with van der Waals surface area (Å²) in [6.45, 7) is 0.425. The van der Waals surface area contributed by atoms with Crippen LogP contribution in [0.1, 0.15) is 6.42 Å². The molecule has 1 N–H and O–H groups in total. The molecule has 0 aliphatic carbocycles. The molecule has 1 atom stereocenters. The number of amides is 1.